The molecule has 0 aliphatic rings. The summed E-state index contributed by atoms with van der Waals surface area (Å²) in [6.07, 6.45) is 3.06. The van der Waals surface area contributed by atoms with E-state index in [1.54, 1.807) is 6.20 Å². The summed E-state index contributed by atoms with van der Waals surface area (Å²) in [4.78, 5) is 8.11. The van der Waals surface area contributed by atoms with Gasteiger partial charge in [-0.1, -0.05) is 32.0 Å². The normalized spacial score (nSPS) is 10.2. The zero-order valence-electron chi connectivity index (χ0n) is 12.2. The molecule has 1 aromatic carbocycles. The maximum Gasteiger partial charge on any atom is 0.182 e. The lowest BCUT2D eigenvalue weighted by Gasteiger charge is -2.14. The molecule has 0 spiro atoms. The lowest BCUT2D eigenvalue weighted by Crippen LogP contribution is -2.09. The molecule has 5 nitrogen and oxygen atoms in total. The number of ether oxygens (including phenoxy) is 1. The third-order valence-electron chi connectivity index (χ3n) is 2.80. The summed E-state index contributed by atoms with van der Waals surface area (Å²) in [6, 6.07) is 9.86. The third kappa shape index (κ3) is 4.18. The molecule has 0 amide bonds. The van der Waals surface area contributed by atoms with Crippen molar-refractivity contribution in [2.45, 2.75) is 20.4 Å². The summed E-state index contributed by atoms with van der Waals surface area (Å²) in [5, 5.41) is 12.1. The zero-order valence-corrected chi connectivity index (χ0v) is 12.2. The number of benzene rings is 1. The van der Waals surface area contributed by atoms with Crippen LogP contribution < -0.4 is 10.1 Å². The van der Waals surface area contributed by atoms with Crippen LogP contribution in [0.25, 0.3) is 0 Å². The summed E-state index contributed by atoms with van der Waals surface area (Å²) in [7, 11) is 0. The average Bonchev–Trinajstić information content (AvgIpc) is 2.51. The molecule has 0 radical (unpaired) electrons. The fraction of sp³-hybridized carbons (Fsp3) is 0.312. The van der Waals surface area contributed by atoms with E-state index >= 15 is 0 Å². The van der Waals surface area contributed by atoms with Crippen LogP contribution in [0.1, 0.15) is 25.1 Å². The number of nitrogens with one attached hydrogen (secondary N) is 1. The highest BCUT2D eigenvalue weighted by Crippen LogP contribution is 2.20. The summed E-state index contributed by atoms with van der Waals surface area (Å²) in [5.74, 6) is 1.80. The van der Waals surface area contributed by atoms with E-state index in [9.17, 15) is 0 Å². The molecule has 5 heteroatoms. The second-order valence-corrected chi connectivity index (χ2v) is 5.03. The Kier molecular flexibility index (Phi) is 5.10. The second-order valence-electron chi connectivity index (χ2n) is 5.03. The molecule has 108 valence electrons. The van der Waals surface area contributed by atoms with Gasteiger partial charge in [-0.05, 0) is 12.0 Å². The van der Waals surface area contributed by atoms with Gasteiger partial charge in [0.05, 0.1) is 6.61 Å². The van der Waals surface area contributed by atoms with Crippen LogP contribution in [0.15, 0.2) is 36.7 Å². The Morgan fingerprint density at radius 1 is 1.24 bits per heavy atom. The minimum Gasteiger partial charge on any atom is -0.493 e. The fourth-order valence-electron chi connectivity index (χ4n) is 1.78. The summed E-state index contributed by atoms with van der Waals surface area (Å²) in [6.45, 7) is 5.42. The highest BCUT2D eigenvalue weighted by atomic mass is 16.5. The fourth-order valence-corrected chi connectivity index (χ4v) is 1.78. The van der Waals surface area contributed by atoms with E-state index < -0.39 is 0 Å². The number of hydrogen-bond acceptors (Lipinski definition) is 5. The van der Waals surface area contributed by atoms with Crippen LogP contribution >= 0.6 is 0 Å². The summed E-state index contributed by atoms with van der Waals surface area (Å²) < 4.78 is 5.80. The van der Waals surface area contributed by atoms with E-state index in [-0.39, 0.29) is 5.69 Å². The van der Waals surface area contributed by atoms with Crippen molar-refractivity contribution in [2.75, 3.05) is 11.9 Å². The van der Waals surface area contributed by atoms with Crippen molar-refractivity contribution in [3.05, 3.63) is 47.9 Å². The van der Waals surface area contributed by atoms with Crippen LogP contribution in [-0.4, -0.2) is 16.6 Å². The first-order valence-electron chi connectivity index (χ1n) is 6.86. The molecular weight excluding hydrogens is 264 g/mol. The molecule has 1 aromatic heterocycles. The molecule has 0 unspecified atom stereocenters. The van der Waals surface area contributed by atoms with Crippen LogP contribution in [-0.2, 0) is 6.54 Å². The van der Waals surface area contributed by atoms with E-state index in [1.165, 1.54) is 6.20 Å². The predicted octanol–water partition coefficient (Wildman–Crippen LogP) is 3.00. The topological polar surface area (TPSA) is 70.8 Å². The molecule has 1 heterocycles. The molecule has 0 atom stereocenters. The third-order valence-corrected chi connectivity index (χ3v) is 2.80. The summed E-state index contributed by atoms with van der Waals surface area (Å²) >= 11 is 0. The molecular formula is C16H18N4O. The lowest BCUT2D eigenvalue weighted by atomic mass is 10.2. The van der Waals surface area contributed by atoms with Crippen molar-refractivity contribution in [2.24, 2.45) is 5.92 Å². The highest BCUT2D eigenvalue weighted by Gasteiger charge is 2.07. The molecule has 2 rings (SSSR count). The van der Waals surface area contributed by atoms with Gasteiger partial charge >= 0.3 is 0 Å². The van der Waals surface area contributed by atoms with E-state index in [2.05, 4.69) is 29.1 Å². The van der Waals surface area contributed by atoms with Crippen molar-refractivity contribution < 1.29 is 4.74 Å². The Labute approximate surface area is 124 Å². The van der Waals surface area contributed by atoms with Gasteiger partial charge in [0.2, 0.25) is 0 Å². The van der Waals surface area contributed by atoms with Crippen LogP contribution in [0.3, 0.4) is 0 Å². The maximum absolute atomic E-state index is 9.00. The number of anilines is 1. The van der Waals surface area contributed by atoms with Gasteiger partial charge in [-0.2, -0.15) is 5.26 Å². The first-order valence-corrected chi connectivity index (χ1v) is 6.86. The van der Waals surface area contributed by atoms with E-state index in [1.807, 2.05) is 30.3 Å². The largest absolute Gasteiger partial charge is 0.493 e. The van der Waals surface area contributed by atoms with Crippen LogP contribution in [0.4, 0.5) is 5.82 Å². The SMILES string of the molecule is CC(C)COc1ccccc1CNc1nccnc1C#N. The quantitative estimate of drug-likeness (QED) is 0.882. The maximum atomic E-state index is 9.00. The van der Waals surface area contributed by atoms with Gasteiger partial charge < -0.3 is 10.1 Å². The molecule has 21 heavy (non-hydrogen) atoms. The Morgan fingerprint density at radius 3 is 2.76 bits per heavy atom. The average molecular weight is 282 g/mol. The van der Waals surface area contributed by atoms with Gasteiger partial charge in [-0.15, -0.1) is 0 Å². The minimum atomic E-state index is 0.290. The molecule has 0 saturated heterocycles. The van der Waals surface area contributed by atoms with Crippen LogP contribution in [0.5, 0.6) is 5.75 Å². The standard InChI is InChI=1S/C16H18N4O/c1-12(2)11-21-15-6-4-3-5-13(15)10-20-16-14(9-17)18-7-8-19-16/h3-8,12H,10-11H2,1-2H3,(H,19,20). The van der Waals surface area contributed by atoms with Crippen LogP contribution in [0.2, 0.25) is 0 Å². The lowest BCUT2D eigenvalue weighted by molar-refractivity contribution is 0.269. The van der Waals surface area contributed by atoms with Crippen LogP contribution in [0, 0.1) is 17.2 Å². The number of aromatic nitrogens is 2. The van der Waals surface area contributed by atoms with Gasteiger partial charge in [-0.3, -0.25) is 0 Å². The van der Waals surface area contributed by atoms with Crippen molar-refractivity contribution in [1.82, 2.24) is 9.97 Å². The molecule has 0 saturated carbocycles. The molecule has 0 fully saturated rings. The number of nitriles is 1. The Morgan fingerprint density at radius 2 is 2.00 bits per heavy atom. The monoisotopic (exact) mass is 282 g/mol. The van der Waals surface area contributed by atoms with Gasteiger partial charge in [0.15, 0.2) is 11.5 Å². The Bertz CT molecular complexity index is 634. The smallest absolute Gasteiger partial charge is 0.182 e. The van der Waals surface area contributed by atoms with Gasteiger partial charge in [0.1, 0.15) is 11.8 Å². The Hall–Kier alpha value is -2.61. The minimum absolute atomic E-state index is 0.290. The first-order chi connectivity index (χ1) is 10.2. The van der Waals surface area contributed by atoms with Crippen molar-refractivity contribution in [3.8, 4) is 11.8 Å². The van der Waals surface area contributed by atoms with Crippen molar-refractivity contribution in [3.63, 3.8) is 0 Å². The number of para-hydroxylation sites is 1. The molecule has 1 N–H and O–H groups in total. The van der Waals surface area contributed by atoms with Gasteiger partial charge in [-0.25, -0.2) is 9.97 Å². The summed E-state index contributed by atoms with van der Waals surface area (Å²) in [5.41, 5.74) is 1.31. The first kappa shape index (κ1) is 14.8. The van der Waals surface area contributed by atoms with E-state index in [4.69, 9.17) is 10.00 Å². The second kappa shape index (κ2) is 7.25. The van der Waals surface area contributed by atoms with Crippen molar-refractivity contribution in [1.29, 1.82) is 5.26 Å². The number of rotatable bonds is 6. The molecule has 0 bridgehead atoms. The molecule has 0 aliphatic heterocycles. The molecule has 0 aliphatic carbocycles. The highest BCUT2D eigenvalue weighted by molar-refractivity contribution is 5.48. The van der Waals surface area contributed by atoms with E-state index in [0.29, 0.717) is 24.9 Å². The Balaban J connectivity index is 2.08. The zero-order chi connectivity index (χ0) is 15.1. The van der Waals surface area contributed by atoms with Gasteiger partial charge in [0.25, 0.3) is 0 Å². The number of nitrogens with zero attached hydrogens (tertiary/aromatic N) is 3. The number of hydrogen-bond donors (Lipinski definition) is 1. The molecule has 2 aromatic rings. The predicted molar refractivity (Wildman–Crippen MR) is 80.8 cm³/mol. The van der Waals surface area contributed by atoms with E-state index in [0.717, 1.165) is 11.3 Å². The van der Waals surface area contributed by atoms with Gasteiger partial charge in [0, 0.05) is 24.5 Å². The van der Waals surface area contributed by atoms with Crippen molar-refractivity contribution >= 4 is 5.82 Å².